The van der Waals surface area contributed by atoms with E-state index in [2.05, 4.69) is 25.3 Å². The Morgan fingerprint density at radius 1 is 0.857 bits per heavy atom. The number of sulfonamides is 1. The largest absolute Gasteiger partial charge is 0.280 e. The van der Waals surface area contributed by atoms with E-state index >= 15 is 0 Å². The number of aromatic amines is 1. The van der Waals surface area contributed by atoms with E-state index in [1.54, 1.807) is 42.5 Å². The molecule has 0 amide bonds. The Morgan fingerprint density at radius 2 is 1.61 bits per heavy atom. The van der Waals surface area contributed by atoms with Gasteiger partial charge in [-0.25, -0.2) is 13.5 Å². The van der Waals surface area contributed by atoms with E-state index in [-0.39, 0.29) is 4.90 Å². The van der Waals surface area contributed by atoms with Crippen molar-refractivity contribution in [3.05, 3.63) is 78.4 Å². The number of hydrogen-bond acceptors (Lipinski definition) is 5. The van der Waals surface area contributed by atoms with Crippen LogP contribution in [0, 0.1) is 6.92 Å². The molecule has 4 rings (SSSR count). The van der Waals surface area contributed by atoms with Gasteiger partial charge < -0.3 is 0 Å². The molecule has 0 fully saturated rings. The molecule has 0 radical (unpaired) electrons. The van der Waals surface area contributed by atoms with Crippen LogP contribution >= 0.6 is 0 Å². The van der Waals surface area contributed by atoms with Gasteiger partial charge in [0.25, 0.3) is 10.0 Å². The number of benzene rings is 3. The van der Waals surface area contributed by atoms with E-state index in [1.165, 1.54) is 0 Å². The Kier molecular flexibility index (Phi) is 4.62. The molecule has 0 saturated heterocycles. The summed E-state index contributed by atoms with van der Waals surface area (Å²) in [6, 6.07) is 21.7. The van der Waals surface area contributed by atoms with Crippen LogP contribution in [0.25, 0.3) is 22.5 Å². The number of anilines is 1. The standard InChI is InChI=1S/C20H17N5O2S/c1-14-8-10-15(11-9-14)16-4-3-7-19(13-16)28(26,27)23-18-6-2-5-17(12-18)20-21-24-25-22-20/h2-13,23H,1H3,(H,21,22,24,25). The molecular weight excluding hydrogens is 374 g/mol. The molecule has 28 heavy (non-hydrogen) atoms. The zero-order chi connectivity index (χ0) is 19.6. The Bertz CT molecular complexity index is 1200. The minimum atomic E-state index is -3.75. The lowest BCUT2D eigenvalue weighted by Gasteiger charge is -2.10. The van der Waals surface area contributed by atoms with Crippen molar-refractivity contribution >= 4 is 15.7 Å². The Balaban J connectivity index is 1.63. The number of tetrazole rings is 1. The zero-order valence-electron chi connectivity index (χ0n) is 15.0. The van der Waals surface area contributed by atoms with E-state index in [1.807, 2.05) is 37.3 Å². The first kappa shape index (κ1) is 17.9. The molecule has 8 heteroatoms. The second-order valence-electron chi connectivity index (χ2n) is 6.33. The number of nitrogens with zero attached hydrogens (tertiary/aromatic N) is 3. The normalized spacial score (nSPS) is 11.3. The summed E-state index contributed by atoms with van der Waals surface area (Å²) < 4.78 is 28.4. The molecule has 3 aromatic carbocycles. The van der Waals surface area contributed by atoms with E-state index in [0.29, 0.717) is 17.1 Å². The van der Waals surface area contributed by atoms with Gasteiger partial charge in [-0.2, -0.15) is 0 Å². The van der Waals surface area contributed by atoms with E-state index < -0.39 is 10.0 Å². The molecule has 0 aliphatic carbocycles. The van der Waals surface area contributed by atoms with Crippen LogP contribution in [0.5, 0.6) is 0 Å². The molecule has 2 N–H and O–H groups in total. The van der Waals surface area contributed by atoms with Crippen LogP contribution < -0.4 is 4.72 Å². The van der Waals surface area contributed by atoms with Crippen molar-refractivity contribution in [3.8, 4) is 22.5 Å². The predicted molar refractivity (Wildman–Crippen MR) is 107 cm³/mol. The van der Waals surface area contributed by atoms with Crippen LogP contribution in [0.3, 0.4) is 0 Å². The number of rotatable bonds is 5. The lowest BCUT2D eigenvalue weighted by atomic mass is 10.0. The maximum atomic E-state index is 12.9. The molecule has 0 bridgehead atoms. The SMILES string of the molecule is Cc1ccc(-c2cccc(S(=O)(=O)Nc3cccc(-c4nnn[nH]4)c3)c2)cc1. The number of aromatic nitrogens is 4. The highest BCUT2D eigenvalue weighted by molar-refractivity contribution is 7.92. The molecule has 0 saturated carbocycles. The van der Waals surface area contributed by atoms with E-state index in [0.717, 1.165) is 16.7 Å². The van der Waals surface area contributed by atoms with Crippen LogP contribution in [0.15, 0.2) is 77.7 Å². The molecule has 0 aliphatic heterocycles. The number of H-pyrrole nitrogens is 1. The van der Waals surface area contributed by atoms with Gasteiger partial charge in [0.2, 0.25) is 0 Å². The number of nitrogens with one attached hydrogen (secondary N) is 2. The van der Waals surface area contributed by atoms with Crippen LogP contribution in [0.1, 0.15) is 5.56 Å². The molecule has 1 aromatic heterocycles. The molecule has 1 heterocycles. The van der Waals surface area contributed by atoms with Crippen molar-refractivity contribution in [1.82, 2.24) is 20.6 Å². The Hall–Kier alpha value is -3.52. The minimum Gasteiger partial charge on any atom is -0.280 e. The highest BCUT2D eigenvalue weighted by Gasteiger charge is 2.16. The summed E-state index contributed by atoms with van der Waals surface area (Å²) in [5, 5.41) is 13.6. The third-order valence-electron chi connectivity index (χ3n) is 4.26. The summed E-state index contributed by atoms with van der Waals surface area (Å²) in [4.78, 5) is 0.192. The highest BCUT2D eigenvalue weighted by Crippen LogP contribution is 2.25. The van der Waals surface area contributed by atoms with Crippen LogP contribution in [0.2, 0.25) is 0 Å². The van der Waals surface area contributed by atoms with E-state index in [9.17, 15) is 8.42 Å². The average molecular weight is 391 g/mol. The first-order valence-corrected chi connectivity index (χ1v) is 10.0. The van der Waals surface area contributed by atoms with Crippen LogP contribution in [0.4, 0.5) is 5.69 Å². The molecule has 140 valence electrons. The van der Waals surface area contributed by atoms with Crippen molar-refractivity contribution in [2.45, 2.75) is 11.8 Å². The van der Waals surface area contributed by atoms with Crippen molar-refractivity contribution in [2.75, 3.05) is 4.72 Å². The predicted octanol–water partition coefficient (Wildman–Crippen LogP) is 3.64. The van der Waals surface area contributed by atoms with Gasteiger partial charge in [0.05, 0.1) is 4.90 Å². The van der Waals surface area contributed by atoms with Gasteiger partial charge in [0.15, 0.2) is 5.82 Å². The smallest absolute Gasteiger partial charge is 0.261 e. The summed E-state index contributed by atoms with van der Waals surface area (Å²) in [6.45, 7) is 2.01. The fraction of sp³-hybridized carbons (Fsp3) is 0.0500. The summed E-state index contributed by atoms with van der Waals surface area (Å²) in [7, 11) is -3.75. The molecule has 0 spiro atoms. The summed E-state index contributed by atoms with van der Waals surface area (Å²) in [5.41, 5.74) is 4.05. The van der Waals surface area contributed by atoms with Crippen molar-refractivity contribution in [3.63, 3.8) is 0 Å². The highest BCUT2D eigenvalue weighted by atomic mass is 32.2. The van der Waals surface area contributed by atoms with E-state index in [4.69, 9.17) is 0 Å². The third kappa shape index (κ3) is 3.77. The minimum absolute atomic E-state index is 0.192. The molecule has 0 unspecified atom stereocenters. The third-order valence-corrected chi connectivity index (χ3v) is 5.64. The lowest BCUT2D eigenvalue weighted by Crippen LogP contribution is -2.13. The number of hydrogen-bond donors (Lipinski definition) is 2. The molecule has 0 aliphatic rings. The van der Waals surface area contributed by atoms with Gasteiger partial charge in [0.1, 0.15) is 0 Å². The summed E-state index contributed by atoms with van der Waals surface area (Å²) >= 11 is 0. The molecule has 0 atom stereocenters. The monoisotopic (exact) mass is 391 g/mol. The summed E-state index contributed by atoms with van der Waals surface area (Å²) in [6.07, 6.45) is 0. The molecule has 4 aromatic rings. The van der Waals surface area contributed by atoms with Gasteiger partial charge >= 0.3 is 0 Å². The zero-order valence-corrected chi connectivity index (χ0v) is 15.8. The second kappa shape index (κ2) is 7.24. The first-order chi connectivity index (χ1) is 13.5. The molecular formula is C20H17N5O2S. The lowest BCUT2D eigenvalue weighted by molar-refractivity contribution is 0.601. The Labute approximate surface area is 162 Å². The fourth-order valence-corrected chi connectivity index (χ4v) is 3.91. The molecule has 7 nitrogen and oxygen atoms in total. The number of aryl methyl sites for hydroxylation is 1. The summed E-state index contributed by atoms with van der Waals surface area (Å²) in [5.74, 6) is 0.461. The van der Waals surface area contributed by atoms with Gasteiger partial charge in [-0.3, -0.25) is 4.72 Å². The average Bonchev–Trinajstić information content (AvgIpc) is 3.23. The van der Waals surface area contributed by atoms with Crippen molar-refractivity contribution < 1.29 is 8.42 Å². The maximum Gasteiger partial charge on any atom is 0.261 e. The van der Waals surface area contributed by atoms with Gasteiger partial charge in [-0.1, -0.05) is 54.1 Å². The van der Waals surface area contributed by atoms with Gasteiger partial charge in [-0.15, -0.1) is 5.10 Å². The second-order valence-corrected chi connectivity index (χ2v) is 8.01. The van der Waals surface area contributed by atoms with Crippen molar-refractivity contribution in [1.29, 1.82) is 0 Å². The van der Waals surface area contributed by atoms with Crippen molar-refractivity contribution in [2.24, 2.45) is 0 Å². The topological polar surface area (TPSA) is 101 Å². The Morgan fingerprint density at radius 3 is 2.36 bits per heavy atom. The maximum absolute atomic E-state index is 12.9. The quantitative estimate of drug-likeness (QED) is 0.541. The van der Waals surface area contributed by atoms with Gasteiger partial charge in [0, 0.05) is 11.3 Å². The fourth-order valence-electron chi connectivity index (χ4n) is 2.81. The van der Waals surface area contributed by atoms with Crippen LogP contribution in [-0.4, -0.2) is 29.0 Å². The van der Waals surface area contributed by atoms with Gasteiger partial charge in [-0.05, 0) is 52.7 Å². The first-order valence-electron chi connectivity index (χ1n) is 8.55. The van der Waals surface area contributed by atoms with Crippen LogP contribution in [-0.2, 0) is 10.0 Å².